The molecule has 0 spiro atoms. The Kier molecular flexibility index (Phi) is 4.80. The van der Waals surface area contributed by atoms with Gasteiger partial charge in [-0.2, -0.15) is 0 Å². The zero-order chi connectivity index (χ0) is 17.6. The molecule has 8 heteroatoms. The number of rotatable bonds is 5. The average Bonchev–Trinajstić information content (AvgIpc) is 2.88. The number of carboxylic acids is 1. The summed E-state index contributed by atoms with van der Waals surface area (Å²) >= 11 is 0. The number of likely N-dealkylation sites (N-methyl/N-ethyl adjacent to an activating group) is 1. The molecule has 2 saturated heterocycles. The van der Waals surface area contributed by atoms with Gasteiger partial charge >= 0.3 is 5.97 Å². The fourth-order valence-electron chi connectivity index (χ4n) is 3.07. The second kappa shape index (κ2) is 5.94. The van der Waals surface area contributed by atoms with Gasteiger partial charge in [0.25, 0.3) is 0 Å². The highest BCUT2D eigenvalue weighted by molar-refractivity contribution is 5.78. The molecule has 2 aliphatic rings. The Morgan fingerprint density at radius 3 is 2.22 bits per heavy atom. The van der Waals surface area contributed by atoms with Crippen molar-refractivity contribution >= 4 is 5.97 Å². The normalized spacial score (nSPS) is 35.4. The quantitative estimate of drug-likeness (QED) is 0.727. The summed E-state index contributed by atoms with van der Waals surface area (Å²) in [6, 6.07) is 0. The van der Waals surface area contributed by atoms with Crippen molar-refractivity contribution < 1.29 is 34.0 Å². The summed E-state index contributed by atoms with van der Waals surface area (Å²) in [5.74, 6) is -3.17. The van der Waals surface area contributed by atoms with E-state index >= 15 is 0 Å². The lowest BCUT2D eigenvalue weighted by atomic mass is 9.89. The van der Waals surface area contributed by atoms with E-state index in [0.717, 1.165) is 0 Å². The highest BCUT2D eigenvalue weighted by atomic mass is 16.8. The zero-order valence-corrected chi connectivity index (χ0v) is 14.5. The van der Waals surface area contributed by atoms with Crippen molar-refractivity contribution in [3.63, 3.8) is 0 Å². The first-order chi connectivity index (χ1) is 10.4. The maximum absolute atomic E-state index is 11.8. The number of aliphatic hydroxyl groups is 1. The minimum atomic E-state index is -2.13. The molecule has 23 heavy (non-hydrogen) atoms. The van der Waals surface area contributed by atoms with Crippen molar-refractivity contribution in [2.24, 2.45) is 0 Å². The van der Waals surface area contributed by atoms with Gasteiger partial charge in [-0.25, -0.2) is 4.79 Å². The number of nitrogens with zero attached hydrogens (tertiary/aromatic N) is 1. The summed E-state index contributed by atoms with van der Waals surface area (Å²) in [6.07, 6.45) is -2.36. The van der Waals surface area contributed by atoms with E-state index in [-0.39, 0.29) is 13.2 Å². The Bertz CT molecular complexity index is 465. The van der Waals surface area contributed by atoms with Crippen LogP contribution in [0.4, 0.5) is 0 Å². The largest absolute Gasteiger partial charge is 0.479 e. The lowest BCUT2D eigenvalue weighted by Crippen LogP contribution is -2.61. The topological polar surface area (TPSA) is 97.7 Å². The summed E-state index contributed by atoms with van der Waals surface area (Å²) in [5, 5.41) is 20.4. The summed E-state index contributed by atoms with van der Waals surface area (Å²) in [5.41, 5.74) is -2.13. The minimum Gasteiger partial charge on any atom is -0.479 e. The van der Waals surface area contributed by atoms with Crippen LogP contribution < -0.4 is 0 Å². The molecule has 8 nitrogen and oxygen atoms in total. The van der Waals surface area contributed by atoms with Crippen molar-refractivity contribution in [2.45, 2.75) is 63.2 Å². The molecule has 0 unspecified atom stereocenters. The summed E-state index contributed by atoms with van der Waals surface area (Å²) in [4.78, 5) is 13.4. The second-order valence-electron chi connectivity index (χ2n) is 7.36. The fraction of sp³-hybridized carbons (Fsp3) is 0.933. The van der Waals surface area contributed by atoms with E-state index in [4.69, 9.17) is 18.9 Å². The molecule has 0 bridgehead atoms. The van der Waals surface area contributed by atoms with E-state index in [9.17, 15) is 15.0 Å². The summed E-state index contributed by atoms with van der Waals surface area (Å²) < 4.78 is 22.9. The van der Waals surface area contributed by atoms with Crippen LogP contribution in [0, 0.1) is 0 Å². The molecular formula is C15H27NO7. The Labute approximate surface area is 136 Å². The minimum absolute atomic E-state index is 0.111. The molecule has 0 aromatic heterocycles. The van der Waals surface area contributed by atoms with Gasteiger partial charge in [0.05, 0.1) is 6.61 Å². The number of hydrogen-bond donors (Lipinski definition) is 2. The van der Waals surface area contributed by atoms with Gasteiger partial charge in [-0.15, -0.1) is 0 Å². The highest BCUT2D eigenvalue weighted by Gasteiger charge is 2.60. The second-order valence-corrected chi connectivity index (χ2v) is 7.36. The van der Waals surface area contributed by atoms with Crippen LogP contribution in [0.2, 0.25) is 0 Å². The van der Waals surface area contributed by atoms with Crippen LogP contribution in [0.15, 0.2) is 0 Å². The SMILES string of the molecule is CN(C)C[C@@](O)(C(=O)O)[C@H]1OC(C)(C)O[C@@H]1[C@H]1COC(C)(C)O1. The molecule has 134 valence electrons. The zero-order valence-electron chi connectivity index (χ0n) is 14.5. The number of ether oxygens (including phenoxy) is 4. The summed E-state index contributed by atoms with van der Waals surface area (Å²) in [6.45, 7) is 7.03. The molecule has 4 atom stereocenters. The van der Waals surface area contributed by atoms with E-state index in [1.54, 1.807) is 46.7 Å². The van der Waals surface area contributed by atoms with Crippen LogP contribution in [-0.2, 0) is 23.7 Å². The molecule has 0 amide bonds. The monoisotopic (exact) mass is 333 g/mol. The highest BCUT2D eigenvalue weighted by Crippen LogP contribution is 2.39. The number of aliphatic carboxylic acids is 1. The fourth-order valence-corrected chi connectivity index (χ4v) is 3.07. The van der Waals surface area contributed by atoms with E-state index in [1.165, 1.54) is 0 Å². The molecule has 2 aliphatic heterocycles. The molecule has 0 aromatic carbocycles. The molecule has 2 N–H and O–H groups in total. The van der Waals surface area contributed by atoms with Crippen molar-refractivity contribution in [2.75, 3.05) is 27.2 Å². The van der Waals surface area contributed by atoms with Crippen LogP contribution in [0.3, 0.4) is 0 Å². The Morgan fingerprint density at radius 2 is 1.78 bits per heavy atom. The predicted octanol–water partition coefficient (Wildman–Crippen LogP) is 0.0353. The average molecular weight is 333 g/mol. The lowest BCUT2D eigenvalue weighted by molar-refractivity contribution is -0.192. The maximum Gasteiger partial charge on any atom is 0.339 e. The van der Waals surface area contributed by atoms with Crippen LogP contribution in [0.1, 0.15) is 27.7 Å². The molecule has 2 fully saturated rings. The van der Waals surface area contributed by atoms with E-state index in [2.05, 4.69) is 0 Å². The first-order valence-electron chi connectivity index (χ1n) is 7.64. The van der Waals surface area contributed by atoms with Crippen LogP contribution in [0.5, 0.6) is 0 Å². The number of hydrogen-bond acceptors (Lipinski definition) is 7. The van der Waals surface area contributed by atoms with Crippen LogP contribution in [-0.4, -0.2) is 83.8 Å². The van der Waals surface area contributed by atoms with Gasteiger partial charge in [-0.3, -0.25) is 0 Å². The third kappa shape index (κ3) is 3.84. The van der Waals surface area contributed by atoms with E-state index < -0.39 is 41.5 Å². The summed E-state index contributed by atoms with van der Waals surface area (Å²) in [7, 11) is 3.37. The maximum atomic E-state index is 11.8. The van der Waals surface area contributed by atoms with Gasteiger partial charge in [-0.05, 0) is 41.8 Å². The van der Waals surface area contributed by atoms with Gasteiger partial charge in [0.1, 0.15) is 18.3 Å². The number of carbonyl (C=O) groups is 1. The smallest absolute Gasteiger partial charge is 0.339 e. The van der Waals surface area contributed by atoms with Crippen LogP contribution >= 0.6 is 0 Å². The van der Waals surface area contributed by atoms with E-state index in [0.29, 0.717) is 0 Å². The van der Waals surface area contributed by atoms with Crippen molar-refractivity contribution in [3.05, 3.63) is 0 Å². The third-order valence-electron chi connectivity index (χ3n) is 3.92. The lowest BCUT2D eigenvalue weighted by Gasteiger charge is -2.35. The predicted molar refractivity (Wildman–Crippen MR) is 79.9 cm³/mol. The molecular weight excluding hydrogens is 306 g/mol. The Morgan fingerprint density at radius 1 is 1.17 bits per heavy atom. The number of carboxylic acid groups (broad SMARTS) is 1. The van der Waals surface area contributed by atoms with Crippen molar-refractivity contribution in [1.29, 1.82) is 0 Å². The van der Waals surface area contributed by atoms with Gasteiger partial charge in [-0.1, -0.05) is 0 Å². The Hall–Kier alpha value is -0.770. The van der Waals surface area contributed by atoms with Crippen molar-refractivity contribution in [3.8, 4) is 0 Å². The van der Waals surface area contributed by atoms with Gasteiger partial charge in [0.15, 0.2) is 11.6 Å². The van der Waals surface area contributed by atoms with Gasteiger partial charge in [0, 0.05) is 6.54 Å². The third-order valence-corrected chi connectivity index (χ3v) is 3.92. The first kappa shape index (κ1) is 18.6. The Balaban J connectivity index is 2.30. The van der Waals surface area contributed by atoms with Crippen LogP contribution in [0.25, 0.3) is 0 Å². The standard InChI is InChI=1S/C15H27NO7/c1-13(2)20-7-9(21-13)10-11(23-14(3,4)22-10)15(19,12(17)18)8-16(5)6/h9-11,19H,7-8H2,1-6H3,(H,17,18)/t9-,10-,11+,15+/m1/s1. The molecule has 2 rings (SSSR count). The van der Waals surface area contributed by atoms with Crippen molar-refractivity contribution in [1.82, 2.24) is 4.90 Å². The molecule has 0 saturated carbocycles. The molecule has 2 heterocycles. The first-order valence-corrected chi connectivity index (χ1v) is 7.64. The van der Waals surface area contributed by atoms with Gasteiger partial charge in [0.2, 0.25) is 5.60 Å². The van der Waals surface area contributed by atoms with E-state index in [1.807, 2.05) is 0 Å². The molecule has 0 aliphatic carbocycles. The molecule has 0 aromatic rings. The van der Waals surface area contributed by atoms with Gasteiger partial charge < -0.3 is 34.1 Å². The molecule has 0 radical (unpaired) electrons.